The van der Waals surface area contributed by atoms with Crippen molar-refractivity contribution in [3.05, 3.63) is 82.9 Å². The number of carbonyl (C=O) groups excluding carboxylic acids is 2. The number of nitrogens with one attached hydrogen (secondary N) is 2. The van der Waals surface area contributed by atoms with Crippen LogP contribution in [0.1, 0.15) is 29.3 Å². The van der Waals surface area contributed by atoms with Crippen molar-refractivity contribution in [2.24, 2.45) is 0 Å². The first kappa shape index (κ1) is 28.3. The number of halogens is 1. The molecular weight excluding hydrogens is 510 g/mol. The second kappa shape index (κ2) is 13.9. The molecule has 3 amide bonds. The van der Waals surface area contributed by atoms with Crippen LogP contribution in [0.3, 0.4) is 0 Å². The van der Waals surface area contributed by atoms with Crippen molar-refractivity contribution in [1.29, 1.82) is 0 Å². The average molecular weight is 540 g/mol. The molecule has 0 radical (unpaired) electrons. The molecule has 0 fully saturated rings. The molecule has 0 saturated carbocycles. The molecule has 0 heterocycles. The minimum absolute atomic E-state index is 0.0732. The summed E-state index contributed by atoms with van der Waals surface area (Å²) in [4.78, 5) is 38.2. The number of rotatable bonds is 12. The number of benzene rings is 3. The zero-order chi connectivity index (χ0) is 27.5. The second-order valence-corrected chi connectivity index (χ2v) is 8.74. The third-order valence-corrected chi connectivity index (χ3v) is 5.90. The highest BCUT2D eigenvalue weighted by molar-refractivity contribution is 6.33. The number of anilines is 2. The van der Waals surface area contributed by atoms with Crippen LogP contribution in [0.5, 0.6) is 11.5 Å². The zero-order valence-corrected chi connectivity index (χ0v) is 22.0. The summed E-state index contributed by atoms with van der Waals surface area (Å²) in [6.07, 6.45) is 0.932. The molecule has 3 rings (SSSR count). The molecule has 3 aromatic carbocycles. The van der Waals surface area contributed by atoms with Gasteiger partial charge in [0.05, 0.1) is 42.0 Å². The van der Waals surface area contributed by atoms with Gasteiger partial charge in [-0.3, -0.25) is 4.79 Å². The minimum Gasteiger partial charge on any atom is -0.495 e. The van der Waals surface area contributed by atoms with Gasteiger partial charge in [0, 0.05) is 6.54 Å². The minimum atomic E-state index is -1.00. The first-order valence-electron chi connectivity index (χ1n) is 12.0. The molecule has 10 heteroatoms. The Bertz CT molecular complexity index is 1270. The Hall–Kier alpha value is -4.24. The number of hydrogen-bond donors (Lipinski definition) is 3. The van der Waals surface area contributed by atoms with E-state index in [4.69, 9.17) is 26.2 Å². The van der Waals surface area contributed by atoms with Gasteiger partial charge in [0.15, 0.2) is 0 Å². The van der Waals surface area contributed by atoms with E-state index in [-0.39, 0.29) is 24.5 Å². The van der Waals surface area contributed by atoms with E-state index >= 15 is 0 Å². The number of hydrogen-bond acceptors (Lipinski definition) is 5. The zero-order valence-electron chi connectivity index (χ0n) is 21.2. The number of para-hydroxylation sites is 1. The Kier molecular flexibility index (Phi) is 10.4. The number of amides is 3. The van der Waals surface area contributed by atoms with Crippen LogP contribution in [-0.4, -0.2) is 54.7 Å². The predicted octanol–water partition coefficient (Wildman–Crippen LogP) is 5.55. The predicted molar refractivity (Wildman–Crippen MR) is 147 cm³/mol. The van der Waals surface area contributed by atoms with Crippen LogP contribution < -0.4 is 20.1 Å². The molecule has 0 spiro atoms. The van der Waals surface area contributed by atoms with Gasteiger partial charge in [-0.25, -0.2) is 9.59 Å². The van der Waals surface area contributed by atoms with Crippen molar-refractivity contribution in [1.82, 2.24) is 4.90 Å². The van der Waals surface area contributed by atoms with Crippen LogP contribution in [-0.2, 0) is 11.2 Å². The van der Waals surface area contributed by atoms with Crippen molar-refractivity contribution in [3.63, 3.8) is 0 Å². The molecule has 0 unspecified atom stereocenters. The first-order chi connectivity index (χ1) is 18.3. The maximum absolute atomic E-state index is 13.0. The van der Waals surface area contributed by atoms with Gasteiger partial charge in [0.2, 0.25) is 5.91 Å². The number of aromatic carboxylic acids is 1. The Balaban J connectivity index is 1.58. The lowest BCUT2D eigenvalue weighted by Gasteiger charge is -2.22. The molecule has 38 heavy (non-hydrogen) atoms. The maximum Gasteiger partial charge on any atom is 0.335 e. The Morgan fingerprint density at radius 1 is 0.947 bits per heavy atom. The Labute approximate surface area is 226 Å². The monoisotopic (exact) mass is 539 g/mol. The summed E-state index contributed by atoms with van der Waals surface area (Å²) in [5.74, 6) is -0.127. The van der Waals surface area contributed by atoms with Crippen LogP contribution in [0, 0.1) is 0 Å². The summed E-state index contributed by atoms with van der Waals surface area (Å²) in [6.45, 7) is 3.21. The third kappa shape index (κ3) is 8.14. The summed E-state index contributed by atoms with van der Waals surface area (Å²) >= 11 is 6.10. The number of methoxy groups -OCH3 is 1. The van der Waals surface area contributed by atoms with Gasteiger partial charge in [-0.15, -0.1) is 0 Å². The molecule has 0 aliphatic carbocycles. The molecular formula is C28H30ClN3O6. The van der Waals surface area contributed by atoms with Crippen molar-refractivity contribution in [2.75, 3.05) is 37.4 Å². The van der Waals surface area contributed by atoms with E-state index in [1.54, 1.807) is 59.5 Å². The van der Waals surface area contributed by atoms with Crippen molar-refractivity contribution >= 4 is 40.9 Å². The van der Waals surface area contributed by atoms with Crippen LogP contribution in [0.25, 0.3) is 0 Å². The fourth-order valence-corrected chi connectivity index (χ4v) is 3.86. The normalized spacial score (nSPS) is 10.4. The summed E-state index contributed by atoms with van der Waals surface area (Å²) in [6, 6.07) is 17.7. The fraction of sp³-hybridized carbons (Fsp3) is 0.250. The topological polar surface area (TPSA) is 117 Å². The summed E-state index contributed by atoms with van der Waals surface area (Å²) in [7, 11) is 1.49. The lowest BCUT2D eigenvalue weighted by atomic mass is 10.1. The molecule has 0 aliphatic rings. The molecule has 0 aromatic heterocycles. The largest absolute Gasteiger partial charge is 0.495 e. The molecule has 200 valence electrons. The average Bonchev–Trinajstić information content (AvgIpc) is 2.90. The molecule has 9 nitrogen and oxygen atoms in total. The molecule has 0 atom stereocenters. The standard InChI is InChI=1S/C28H30ClN3O6/c1-3-14-32(15-16-38-21-11-9-20(10-12-21)27(34)35)26(33)18-19-8-13-24(25(17-19)37-2)31-28(36)30-23-7-5-4-6-22(23)29/h4-13,17H,3,14-16,18H2,1-2H3,(H,34,35)(H2,30,31,36). The molecule has 0 bridgehead atoms. The number of carboxylic acid groups (broad SMARTS) is 1. The van der Waals surface area contributed by atoms with Crippen LogP contribution >= 0.6 is 11.6 Å². The molecule has 3 N–H and O–H groups in total. The van der Waals surface area contributed by atoms with E-state index in [0.29, 0.717) is 41.0 Å². The lowest BCUT2D eigenvalue weighted by molar-refractivity contribution is -0.130. The van der Waals surface area contributed by atoms with Crippen LogP contribution in [0.2, 0.25) is 5.02 Å². The fourth-order valence-electron chi connectivity index (χ4n) is 3.67. The quantitative estimate of drug-likeness (QED) is 0.278. The molecule has 0 saturated heterocycles. The Morgan fingerprint density at radius 2 is 1.66 bits per heavy atom. The van der Waals surface area contributed by atoms with E-state index in [9.17, 15) is 14.4 Å². The number of carboxylic acids is 1. The molecule has 3 aromatic rings. The summed E-state index contributed by atoms with van der Waals surface area (Å²) in [5.41, 5.74) is 1.83. The summed E-state index contributed by atoms with van der Waals surface area (Å²) in [5, 5.41) is 14.8. The van der Waals surface area contributed by atoms with E-state index in [1.165, 1.54) is 19.2 Å². The highest BCUT2D eigenvalue weighted by Crippen LogP contribution is 2.27. The smallest absolute Gasteiger partial charge is 0.335 e. The van der Waals surface area contributed by atoms with E-state index in [0.717, 1.165) is 12.0 Å². The Morgan fingerprint density at radius 3 is 2.32 bits per heavy atom. The SMILES string of the molecule is CCCN(CCOc1ccc(C(=O)O)cc1)C(=O)Cc1ccc(NC(=O)Nc2ccccc2Cl)c(OC)c1. The lowest BCUT2D eigenvalue weighted by Crippen LogP contribution is -2.36. The number of nitrogens with zero attached hydrogens (tertiary/aromatic N) is 1. The van der Waals surface area contributed by atoms with Gasteiger partial charge in [-0.2, -0.15) is 0 Å². The maximum atomic E-state index is 13.0. The van der Waals surface area contributed by atoms with Crippen molar-refractivity contribution < 1.29 is 29.0 Å². The van der Waals surface area contributed by atoms with E-state index in [1.807, 2.05) is 6.92 Å². The molecule has 0 aliphatic heterocycles. The van der Waals surface area contributed by atoms with Gasteiger partial charge in [-0.1, -0.05) is 36.7 Å². The number of urea groups is 1. The van der Waals surface area contributed by atoms with Gasteiger partial charge in [0.1, 0.15) is 18.1 Å². The van der Waals surface area contributed by atoms with Crippen molar-refractivity contribution in [2.45, 2.75) is 19.8 Å². The number of ether oxygens (including phenoxy) is 2. The van der Waals surface area contributed by atoms with Crippen LogP contribution in [0.4, 0.5) is 16.2 Å². The second-order valence-electron chi connectivity index (χ2n) is 8.33. The third-order valence-electron chi connectivity index (χ3n) is 5.57. The van der Waals surface area contributed by atoms with Gasteiger partial charge in [-0.05, 0) is 60.5 Å². The van der Waals surface area contributed by atoms with E-state index in [2.05, 4.69) is 10.6 Å². The number of carbonyl (C=O) groups is 3. The highest BCUT2D eigenvalue weighted by atomic mass is 35.5. The van der Waals surface area contributed by atoms with Crippen molar-refractivity contribution in [3.8, 4) is 11.5 Å². The highest BCUT2D eigenvalue weighted by Gasteiger charge is 2.16. The van der Waals surface area contributed by atoms with Crippen LogP contribution in [0.15, 0.2) is 66.7 Å². The van der Waals surface area contributed by atoms with Gasteiger partial charge >= 0.3 is 12.0 Å². The first-order valence-corrected chi connectivity index (χ1v) is 12.4. The van der Waals surface area contributed by atoms with Gasteiger partial charge < -0.3 is 30.1 Å². The summed E-state index contributed by atoms with van der Waals surface area (Å²) < 4.78 is 11.1. The van der Waals surface area contributed by atoms with Gasteiger partial charge in [0.25, 0.3) is 0 Å². The van der Waals surface area contributed by atoms with E-state index < -0.39 is 12.0 Å².